The van der Waals surface area contributed by atoms with Gasteiger partial charge in [-0.15, -0.1) is 0 Å². The summed E-state index contributed by atoms with van der Waals surface area (Å²) >= 11 is 0. The monoisotopic (exact) mass is 350 g/mol. The molecule has 1 aromatic heterocycles. The molecular formula is C22H23FN2O. The lowest BCUT2D eigenvalue weighted by molar-refractivity contribution is -0.123. The Hall–Kier alpha value is -2.62. The van der Waals surface area contributed by atoms with E-state index in [1.165, 1.54) is 0 Å². The van der Waals surface area contributed by atoms with E-state index >= 15 is 0 Å². The van der Waals surface area contributed by atoms with E-state index in [2.05, 4.69) is 16.0 Å². The number of alkyl halides is 1. The van der Waals surface area contributed by atoms with Gasteiger partial charge >= 0.3 is 0 Å². The average molecular weight is 350 g/mol. The number of nitrogens with zero attached hydrogens (tertiary/aromatic N) is 1. The first-order valence-electron chi connectivity index (χ1n) is 9.27. The Morgan fingerprint density at radius 2 is 1.88 bits per heavy atom. The number of carbonyl (C=O) groups is 1. The molecule has 0 bridgehead atoms. The third-order valence-electron chi connectivity index (χ3n) is 5.31. The maximum atomic E-state index is 13.1. The highest BCUT2D eigenvalue weighted by Gasteiger charge is 2.31. The van der Waals surface area contributed by atoms with Crippen LogP contribution in [0.3, 0.4) is 0 Å². The molecule has 134 valence electrons. The first-order valence-corrected chi connectivity index (χ1v) is 9.27. The minimum atomic E-state index is -0.393. The lowest BCUT2D eigenvalue weighted by Gasteiger charge is -2.24. The SMILES string of the molecule is O=C(NCc1ccccc1)C1CCCc2c1c1ccccc1n2CCF. The highest BCUT2D eigenvalue weighted by molar-refractivity contribution is 5.94. The number of halogens is 1. The van der Waals surface area contributed by atoms with Gasteiger partial charge in [0, 0.05) is 23.1 Å². The fraction of sp³-hybridized carbons (Fsp3) is 0.318. The molecule has 1 unspecified atom stereocenters. The molecule has 0 radical (unpaired) electrons. The van der Waals surface area contributed by atoms with Gasteiger partial charge in [-0.25, -0.2) is 4.39 Å². The zero-order chi connectivity index (χ0) is 17.9. The molecule has 4 rings (SSSR count). The molecule has 0 fully saturated rings. The number of hydrogen-bond donors (Lipinski definition) is 1. The number of para-hydroxylation sites is 1. The van der Waals surface area contributed by atoms with Gasteiger partial charge in [-0.3, -0.25) is 4.79 Å². The summed E-state index contributed by atoms with van der Waals surface area (Å²) in [4.78, 5) is 13.0. The highest BCUT2D eigenvalue weighted by Crippen LogP contribution is 2.39. The highest BCUT2D eigenvalue weighted by atomic mass is 19.1. The second kappa shape index (κ2) is 7.32. The number of fused-ring (bicyclic) bond motifs is 3. The fourth-order valence-corrected chi connectivity index (χ4v) is 4.17. The summed E-state index contributed by atoms with van der Waals surface area (Å²) in [5.74, 6) is -0.0915. The van der Waals surface area contributed by atoms with Crippen LogP contribution in [-0.2, 0) is 24.3 Å². The van der Waals surface area contributed by atoms with E-state index in [-0.39, 0.29) is 11.8 Å². The Kier molecular flexibility index (Phi) is 4.74. The third kappa shape index (κ3) is 3.00. The molecule has 0 saturated carbocycles. The molecular weight excluding hydrogens is 327 g/mol. The maximum absolute atomic E-state index is 13.1. The predicted octanol–water partition coefficient (Wildman–Crippen LogP) is 4.35. The third-order valence-corrected chi connectivity index (χ3v) is 5.31. The van der Waals surface area contributed by atoms with Crippen molar-refractivity contribution in [2.75, 3.05) is 6.67 Å². The molecule has 26 heavy (non-hydrogen) atoms. The average Bonchev–Trinajstić information content (AvgIpc) is 3.01. The first-order chi connectivity index (χ1) is 12.8. The number of hydrogen-bond acceptors (Lipinski definition) is 1. The maximum Gasteiger partial charge on any atom is 0.227 e. The number of amides is 1. The van der Waals surface area contributed by atoms with Crippen molar-refractivity contribution in [3.05, 3.63) is 71.4 Å². The van der Waals surface area contributed by atoms with Crippen LogP contribution in [0, 0.1) is 0 Å². The summed E-state index contributed by atoms with van der Waals surface area (Å²) in [6, 6.07) is 18.0. The second-order valence-electron chi connectivity index (χ2n) is 6.87. The van der Waals surface area contributed by atoms with Crippen LogP contribution in [0.4, 0.5) is 4.39 Å². The van der Waals surface area contributed by atoms with Gasteiger partial charge in [0.1, 0.15) is 6.67 Å². The van der Waals surface area contributed by atoms with Crippen LogP contribution in [0.1, 0.15) is 35.6 Å². The van der Waals surface area contributed by atoms with Gasteiger partial charge in [-0.1, -0.05) is 48.5 Å². The summed E-state index contributed by atoms with van der Waals surface area (Å²) in [7, 11) is 0. The molecule has 1 aliphatic carbocycles. The van der Waals surface area contributed by atoms with Crippen LogP contribution in [0.5, 0.6) is 0 Å². The van der Waals surface area contributed by atoms with Gasteiger partial charge in [0.2, 0.25) is 5.91 Å². The predicted molar refractivity (Wildman–Crippen MR) is 102 cm³/mol. The second-order valence-corrected chi connectivity index (χ2v) is 6.87. The van der Waals surface area contributed by atoms with Crippen molar-refractivity contribution in [1.29, 1.82) is 0 Å². The quantitative estimate of drug-likeness (QED) is 0.729. The van der Waals surface area contributed by atoms with Crippen LogP contribution < -0.4 is 5.32 Å². The minimum absolute atomic E-state index is 0.0676. The zero-order valence-corrected chi connectivity index (χ0v) is 14.7. The van der Waals surface area contributed by atoms with Crippen molar-refractivity contribution in [2.45, 2.75) is 38.3 Å². The smallest absolute Gasteiger partial charge is 0.227 e. The Labute approximate surface area is 152 Å². The Balaban J connectivity index is 1.66. The van der Waals surface area contributed by atoms with E-state index in [9.17, 15) is 9.18 Å². The van der Waals surface area contributed by atoms with Crippen LogP contribution in [-0.4, -0.2) is 17.1 Å². The molecule has 3 nitrogen and oxygen atoms in total. The number of aromatic nitrogens is 1. The lowest BCUT2D eigenvalue weighted by atomic mass is 9.84. The van der Waals surface area contributed by atoms with Crippen molar-refractivity contribution < 1.29 is 9.18 Å². The molecule has 1 N–H and O–H groups in total. The largest absolute Gasteiger partial charge is 0.351 e. The number of aryl methyl sites for hydroxylation is 1. The Bertz CT molecular complexity index is 917. The summed E-state index contributed by atoms with van der Waals surface area (Å²) in [6.07, 6.45) is 2.71. The molecule has 1 heterocycles. The van der Waals surface area contributed by atoms with Gasteiger partial charge < -0.3 is 9.88 Å². The first kappa shape index (κ1) is 16.8. The standard InChI is InChI=1S/C22H23FN2O/c23-13-14-25-19-11-5-4-9-17(19)21-18(10-6-12-20(21)25)22(26)24-15-16-7-2-1-3-8-16/h1-5,7-9,11,18H,6,10,12-15H2,(H,24,26). The number of rotatable bonds is 5. The number of nitrogens with one attached hydrogen (secondary N) is 1. The van der Waals surface area contributed by atoms with Crippen molar-refractivity contribution in [3.8, 4) is 0 Å². The fourth-order valence-electron chi connectivity index (χ4n) is 4.17. The number of benzene rings is 2. The topological polar surface area (TPSA) is 34.0 Å². The van der Waals surface area contributed by atoms with Gasteiger partial charge in [-0.2, -0.15) is 0 Å². The summed E-state index contributed by atoms with van der Waals surface area (Å²) in [6.45, 7) is 0.499. The zero-order valence-electron chi connectivity index (χ0n) is 14.7. The van der Waals surface area contributed by atoms with Crippen LogP contribution in [0.15, 0.2) is 54.6 Å². The number of carbonyl (C=O) groups excluding carboxylic acids is 1. The van der Waals surface area contributed by atoms with E-state index in [1.54, 1.807) is 0 Å². The van der Waals surface area contributed by atoms with E-state index in [0.717, 1.165) is 47.0 Å². The molecule has 3 aromatic rings. The molecule has 0 aliphatic heterocycles. The van der Waals surface area contributed by atoms with Crippen molar-refractivity contribution in [1.82, 2.24) is 9.88 Å². The normalized spacial score (nSPS) is 16.4. The molecule has 0 saturated heterocycles. The van der Waals surface area contributed by atoms with Crippen molar-refractivity contribution in [2.24, 2.45) is 0 Å². The summed E-state index contributed by atoms with van der Waals surface area (Å²) < 4.78 is 15.2. The lowest BCUT2D eigenvalue weighted by Crippen LogP contribution is -2.31. The Morgan fingerprint density at radius 3 is 2.69 bits per heavy atom. The molecule has 1 aliphatic rings. The molecule has 0 spiro atoms. The van der Waals surface area contributed by atoms with Gasteiger partial charge in [-0.05, 0) is 36.5 Å². The van der Waals surface area contributed by atoms with Crippen LogP contribution in [0.25, 0.3) is 10.9 Å². The van der Waals surface area contributed by atoms with Crippen LogP contribution >= 0.6 is 0 Å². The van der Waals surface area contributed by atoms with Crippen molar-refractivity contribution in [3.63, 3.8) is 0 Å². The van der Waals surface area contributed by atoms with E-state index in [1.807, 2.05) is 48.5 Å². The summed E-state index contributed by atoms with van der Waals surface area (Å²) in [5.41, 5.74) is 4.37. The van der Waals surface area contributed by atoms with E-state index in [4.69, 9.17) is 0 Å². The van der Waals surface area contributed by atoms with Gasteiger partial charge in [0.05, 0.1) is 12.5 Å². The summed E-state index contributed by atoms with van der Waals surface area (Å²) in [5, 5.41) is 4.19. The molecule has 4 heteroatoms. The minimum Gasteiger partial charge on any atom is -0.351 e. The van der Waals surface area contributed by atoms with Crippen molar-refractivity contribution >= 4 is 16.8 Å². The molecule has 1 amide bonds. The van der Waals surface area contributed by atoms with Gasteiger partial charge in [0.25, 0.3) is 0 Å². The molecule has 2 aromatic carbocycles. The van der Waals surface area contributed by atoms with Gasteiger partial charge in [0.15, 0.2) is 0 Å². The van der Waals surface area contributed by atoms with E-state index < -0.39 is 6.67 Å². The molecule has 1 atom stereocenters. The van der Waals surface area contributed by atoms with Crippen LogP contribution in [0.2, 0.25) is 0 Å². The Morgan fingerprint density at radius 1 is 1.12 bits per heavy atom. The van der Waals surface area contributed by atoms with E-state index in [0.29, 0.717) is 13.1 Å².